The Kier molecular flexibility index (Phi) is 2.67. The predicted molar refractivity (Wildman–Crippen MR) is 60.2 cm³/mol. The second-order valence-electron chi connectivity index (χ2n) is 3.60. The van der Waals surface area contributed by atoms with Gasteiger partial charge in [0.15, 0.2) is 0 Å². The molecule has 15 heavy (non-hydrogen) atoms. The summed E-state index contributed by atoms with van der Waals surface area (Å²) in [5, 5.41) is -0.419. The first-order chi connectivity index (χ1) is 7.16. The van der Waals surface area contributed by atoms with E-state index in [0.717, 1.165) is 5.69 Å². The Bertz CT molecular complexity index is 430. The van der Waals surface area contributed by atoms with Crippen LogP contribution >= 0.6 is 0 Å². The minimum absolute atomic E-state index is 0.200. The molecule has 0 saturated carbocycles. The van der Waals surface area contributed by atoms with E-state index in [-0.39, 0.29) is 6.54 Å². The van der Waals surface area contributed by atoms with Crippen LogP contribution in [0, 0.1) is 0 Å². The molecule has 1 aliphatic rings. The maximum atomic E-state index is 12.0. The van der Waals surface area contributed by atoms with Crippen molar-refractivity contribution < 1.29 is 8.42 Å². The number of anilines is 1. The number of rotatable bonds is 2. The van der Waals surface area contributed by atoms with Crippen molar-refractivity contribution in [3.05, 3.63) is 30.3 Å². The molecule has 0 aliphatic carbocycles. The van der Waals surface area contributed by atoms with Crippen LogP contribution in [0.2, 0.25) is 0 Å². The van der Waals surface area contributed by atoms with Crippen LogP contribution in [-0.2, 0) is 10.0 Å². The molecule has 5 heteroatoms. The molecule has 0 radical (unpaired) electrons. The second-order valence-corrected chi connectivity index (χ2v) is 5.74. The minimum atomic E-state index is -3.22. The van der Waals surface area contributed by atoms with Gasteiger partial charge in [-0.2, -0.15) is 0 Å². The van der Waals surface area contributed by atoms with Gasteiger partial charge in [-0.1, -0.05) is 18.2 Å². The fourth-order valence-electron chi connectivity index (χ4n) is 1.83. The quantitative estimate of drug-likeness (QED) is 0.801. The molecule has 1 aromatic rings. The smallest absolute Gasteiger partial charge is 0.239 e. The van der Waals surface area contributed by atoms with Crippen LogP contribution in [-0.4, -0.2) is 26.8 Å². The molecule has 1 saturated heterocycles. The third kappa shape index (κ3) is 1.72. The number of nitrogens with two attached hydrogens (primary N) is 1. The lowest BCUT2D eigenvalue weighted by atomic mass is 10.3. The summed E-state index contributed by atoms with van der Waals surface area (Å²) < 4.78 is 25.4. The van der Waals surface area contributed by atoms with Gasteiger partial charge in [-0.05, 0) is 18.6 Å². The van der Waals surface area contributed by atoms with E-state index in [1.165, 1.54) is 4.31 Å². The topological polar surface area (TPSA) is 63.4 Å². The maximum absolute atomic E-state index is 12.0. The Balaban J connectivity index is 2.34. The van der Waals surface area contributed by atoms with E-state index >= 15 is 0 Å². The molecular formula is C10H14N2O2S. The van der Waals surface area contributed by atoms with Crippen molar-refractivity contribution >= 4 is 15.7 Å². The molecular weight excluding hydrogens is 212 g/mol. The second kappa shape index (κ2) is 3.83. The Hall–Kier alpha value is -1.07. The summed E-state index contributed by atoms with van der Waals surface area (Å²) in [5.74, 6) is 0. The summed E-state index contributed by atoms with van der Waals surface area (Å²) in [6.45, 7) is 0.736. The largest absolute Gasteiger partial charge is 0.329 e. The number of hydrogen-bond acceptors (Lipinski definition) is 3. The molecule has 82 valence electrons. The zero-order valence-electron chi connectivity index (χ0n) is 8.33. The molecule has 0 spiro atoms. The van der Waals surface area contributed by atoms with Gasteiger partial charge >= 0.3 is 0 Å². The summed E-state index contributed by atoms with van der Waals surface area (Å²) in [4.78, 5) is 0. The van der Waals surface area contributed by atoms with Crippen molar-refractivity contribution in [3.63, 3.8) is 0 Å². The lowest BCUT2D eigenvalue weighted by Gasteiger charge is -2.18. The summed E-state index contributed by atoms with van der Waals surface area (Å²) >= 11 is 0. The average Bonchev–Trinajstić information content (AvgIpc) is 2.54. The first-order valence-corrected chi connectivity index (χ1v) is 6.43. The average molecular weight is 226 g/mol. The molecule has 1 atom stereocenters. The molecule has 2 rings (SSSR count). The summed E-state index contributed by atoms with van der Waals surface area (Å²) in [6.07, 6.45) is 0.619. The van der Waals surface area contributed by atoms with Gasteiger partial charge in [0.1, 0.15) is 0 Å². The molecule has 4 nitrogen and oxygen atoms in total. The Morgan fingerprint density at radius 3 is 2.53 bits per heavy atom. The van der Waals surface area contributed by atoms with Crippen molar-refractivity contribution in [2.24, 2.45) is 5.73 Å². The molecule has 1 fully saturated rings. The highest BCUT2D eigenvalue weighted by atomic mass is 32.2. The summed E-state index contributed by atoms with van der Waals surface area (Å²) in [5.41, 5.74) is 6.17. The Labute approximate surface area is 89.7 Å². The first-order valence-electron chi connectivity index (χ1n) is 4.93. The van der Waals surface area contributed by atoms with Crippen molar-refractivity contribution in [1.82, 2.24) is 0 Å². The summed E-state index contributed by atoms with van der Waals surface area (Å²) in [6, 6.07) is 9.14. The fourth-order valence-corrected chi connectivity index (χ4v) is 3.61. The molecule has 1 heterocycles. The van der Waals surface area contributed by atoms with Crippen LogP contribution in [0.1, 0.15) is 6.42 Å². The van der Waals surface area contributed by atoms with Gasteiger partial charge < -0.3 is 5.73 Å². The number of para-hydroxylation sites is 1. The van der Waals surface area contributed by atoms with Gasteiger partial charge in [0.25, 0.3) is 0 Å². The van der Waals surface area contributed by atoms with Gasteiger partial charge in [-0.3, -0.25) is 4.31 Å². The van der Waals surface area contributed by atoms with Gasteiger partial charge in [0, 0.05) is 13.1 Å². The highest BCUT2D eigenvalue weighted by Gasteiger charge is 2.37. The van der Waals surface area contributed by atoms with E-state index in [0.29, 0.717) is 13.0 Å². The zero-order valence-corrected chi connectivity index (χ0v) is 9.15. The van der Waals surface area contributed by atoms with E-state index in [1.54, 1.807) is 12.1 Å². The standard InChI is InChI=1S/C10H14N2O2S/c11-8-10-6-7-12(15(10,13)14)9-4-2-1-3-5-9/h1-5,10H,6-8,11H2. The van der Waals surface area contributed by atoms with Crippen LogP contribution in [0.5, 0.6) is 0 Å². The number of hydrogen-bond donors (Lipinski definition) is 1. The maximum Gasteiger partial charge on any atom is 0.239 e. The van der Waals surface area contributed by atoms with E-state index in [1.807, 2.05) is 18.2 Å². The van der Waals surface area contributed by atoms with Crippen LogP contribution in [0.25, 0.3) is 0 Å². The number of sulfonamides is 1. The molecule has 1 aliphatic heterocycles. The van der Waals surface area contributed by atoms with Gasteiger partial charge in [0.05, 0.1) is 10.9 Å². The van der Waals surface area contributed by atoms with Crippen LogP contribution < -0.4 is 10.0 Å². The highest BCUT2D eigenvalue weighted by Crippen LogP contribution is 2.27. The van der Waals surface area contributed by atoms with Crippen LogP contribution in [0.4, 0.5) is 5.69 Å². The highest BCUT2D eigenvalue weighted by molar-refractivity contribution is 7.93. The molecule has 1 unspecified atom stereocenters. The SMILES string of the molecule is NCC1CCN(c2ccccc2)S1(=O)=O. The lowest BCUT2D eigenvalue weighted by molar-refractivity contribution is 0.588. The van der Waals surface area contributed by atoms with Crippen LogP contribution in [0.3, 0.4) is 0 Å². The van der Waals surface area contributed by atoms with E-state index in [2.05, 4.69) is 0 Å². The Morgan fingerprint density at radius 1 is 1.33 bits per heavy atom. The van der Waals surface area contributed by atoms with Crippen molar-refractivity contribution in [2.75, 3.05) is 17.4 Å². The number of benzene rings is 1. The third-order valence-corrected chi connectivity index (χ3v) is 4.97. The molecule has 1 aromatic carbocycles. The van der Waals surface area contributed by atoms with Gasteiger partial charge in [0.2, 0.25) is 10.0 Å². The van der Waals surface area contributed by atoms with Crippen molar-refractivity contribution in [2.45, 2.75) is 11.7 Å². The van der Waals surface area contributed by atoms with Gasteiger partial charge in [-0.25, -0.2) is 8.42 Å². The predicted octanol–water partition coefficient (Wildman–Crippen LogP) is 0.554. The lowest BCUT2D eigenvalue weighted by Crippen LogP contribution is -2.33. The van der Waals surface area contributed by atoms with Crippen molar-refractivity contribution in [3.8, 4) is 0 Å². The molecule has 0 aromatic heterocycles. The van der Waals surface area contributed by atoms with E-state index in [4.69, 9.17) is 5.73 Å². The Morgan fingerprint density at radius 2 is 2.00 bits per heavy atom. The molecule has 0 bridgehead atoms. The monoisotopic (exact) mass is 226 g/mol. The fraction of sp³-hybridized carbons (Fsp3) is 0.400. The molecule has 0 amide bonds. The van der Waals surface area contributed by atoms with E-state index < -0.39 is 15.3 Å². The third-order valence-electron chi connectivity index (χ3n) is 2.69. The summed E-state index contributed by atoms with van der Waals surface area (Å²) in [7, 11) is -3.22. The van der Waals surface area contributed by atoms with Gasteiger partial charge in [-0.15, -0.1) is 0 Å². The minimum Gasteiger partial charge on any atom is -0.329 e. The van der Waals surface area contributed by atoms with Crippen molar-refractivity contribution in [1.29, 1.82) is 0 Å². The normalized spacial score (nSPS) is 24.3. The first kappa shape index (κ1) is 10.4. The zero-order chi connectivity index (χ0) is 10.9. The number of nitrogens with zero attached hydrogens (tertiary/aromatic N) is 1. The van der Waals surface area contributed by atoms with Crippen LogP contribution in [0.15, 0.2) is 30.3 Å². The van der Waals surface area contributed by atoms with E-state index in [9.17, 15) is 8.42 Å². The molecule has 2 N–H and O–H groups in total.